The van der Waals surface area contributed by atoms with E-state index in [1.165, 1.54) is 11.3 Å². The molecule has 1 heterocycles. The molecular formula is C20H25N3O3S. The van der Waals surface area contributed by atoms with Crippen molar-refractivity contribution in [3.63, 3.8) is 0 Å². The summed E-state index contributed by atoms with van der Waals surface area (Å²) in [6, 6.07) is 9.98. The van der Waals surface area contributed by atoms with Gasteiger partial charge >= 0.3 is 0 Å². The Morgan fingerprint density at radius 1 is 1.00 bits per heavy atom. The van der Waals surface area contributed by atoms with Gasteiger partial charge in [-0.1, -0.05) is 32.0 Å². The summed E-state index contributed by atoms with van der Waals surface area (Å²) in [7, 11) is 0. The largest absolute Gasteiger partial charge is 0.352 e. The molecule has 0 spiro atoms. The van der Waals surface area contributed by atoms with Crippen LogP contribution in [0.1, 0.15) is 46.4 Å². The number of rotatable bonds is 8. The maximum Gasteiger partial charge on any atom is 0.262 e. The smallest absolute Gasteiger partial charge is 0.262 e. The highest BCUT2D eigenvalue weighted by Crippen LogP contribution is 2.11. The number of hydrogen-bond acceptors (Lipinski definition) is 4. The van der Waals surface area contributed by atoms with Crippen LogP contribution in [0.4, 0.5) is 0 Å². The Morgan fingerprint density at radius 2 is 1.70 bits per heavy atom. The van der Waals surface area contributed by atoms with Gasteiger partial charge in [-0.2, -0.15) is 0 Å². The van der Waals surface area contributed by atoms with Crippen molar-refractivity contribution in [2.75, 3.05) is 6.54 Å². The molecule has 3 amide bonds. The molecule has 1 unspecified atom stereocenters. The molecular weight excluding hydrogens is 362 g/mol. The topological polar surface area (TPSA) is 87.3 Å². The Hall–Kier alpha value is -2.67. The number of hydrogen-bond donors (Lipinski definition) is 3. The van der Waals surface area contributed by atoms with Crippen molar-refractivity contribution >= 4 is 29.1 Å². The molecule has 1 atom stereocenters. The third kappa shape index (κ3) is 5.92. The lowest BCUT2D eigenvalue weighted by atomic mass is 10.0. The van der Waals surface area contributed by atoms with Crippen LogP contribution in [0.25, 0.3) is 0 Å². The van der Waals surface area contributed by atoms with E-state index in [0.29, 0.717) is 23.5 Å². The molecule has 2 rings (SSSR count). The normalized spacial score (nSPS) is 11.7. The second-order valence-electron chi connectivity index (χ2n) is 6.45. The van der Waals surface area contributed by atoms with Gasteiger partial charge in [-0.3, -0.25) is 14.4 Å². The van der Waals surface area contributed by atoms with E-state index in [0.717, 1.165) is 5.56 Å². The monoisotopic (exact) mass is 387 g/mol. The van der Waals surface area contributed by atoms with Crippen LogP contribution in [0.15, 0.2) is 41.8 Å². The third-order valence-corrected chi connectivity index (χ3v) is 4.87. The molecule has 0 saturated heterocycles. The average Bonchev–Trinajstić information content (AvgIpc) is 3.19. The molecule has 0 aliphatic rings. The lowest BCUT2D eigenvalue weighted by Gasteiger charge is -2.21. The van der Waals surface area contributed by atoms with Gasteiger partial charge in [-0.25, -0.2) is 0 Å². The second kappa shape index (κ2) is 9.87. The first-order valence-corrected chi connectivity index (χ1v) is 9.79. The van der Waals surface area contributed by atoms with Crippen LogP contribution < -0.4 is 16.0 Å². The highest BCUT2D eigenvalue weighted by Gasteiger charge is 2.24. The maximum atomic E-state index is 12.5. The lowest BCUT2D eigenvalue weighted by molar-refractivity contribution is -0.124. The highest BCUT2D eigenvalue weighted by atomic mass is 32.1. The maximum absolute atomic E-state index is 12.5. The summed E-state index contributed by atoms with van der Waals surface area (Å²) in [5.74, 6) is -0.647. The Balaban J connectivity index is 1.93. The van der Waals surface area contributed by atoms with Gasteiger partial charge < -0.3 is 16.0 Å². The van der Waals surface area contributed by atoms with Crippen molar-refractivity contribution in [2.24, 2.45) is 5.92 Å². The van der Waals surface area contributed by atoms with Crippen molar-refractivity contribution in [3.8, 4) is 0 Å². The van der Waals surface area contributed by atoms with Crippen LogP contribution in [0.5, 0.6) is 0 Å². The van der Waals surface area contributed by atoms with Gasteiger partial charge in [0.05, 0.1) is 4.88 Å². The minimum atomic E-state index is -0.616. The Kier molecular flexibility index (Phi) is 7.55. The minimum Gasteiger partial charge on any atom is -0.352 e. The Bertz CT molecular complexity index is 770. The molecule has 2 aromatic rings. The molecule has 1 aromatic heterocycles. The molecule has 27 heavy (non-hydrogen) atoms. The average molecular weight is 388 g/mol. The zero-order valence-electron chi connectivity index (χ0n) is 15.7. The molecule has 144 valence electrons. The highest BCUT2D eigenvalue weighted by molar-refractivity contribution is 7.12. The first-order valence-electron chi connectivity index (χ1n) is 8.91. The van der Waals surface area contributed by atoms with Gasteiger partial charge in [-0.05, 0) is 42.0 Å². The third-order valence-electron chi connectivity index (χ3n) is 4.00. The van der Waals surface area contributed by atoms with Crippen LogP contribution >= 0.6 is 11.3 Å². The zero-order chi connectivity index (χ0) is 19.8. The number of amides is 3. The van der Waals surface area contributed by atoms with Gasteiger partial charge in [0.25, 0.3) is 11.8 Å². The molecule has 0 fully saturated rings. The van der Waals surface area contributed by atoms with E-state index in [1.54, 1.807) is 36.4 Å². The predicted octanol–water partition coefficient (Wildman–Crippen LogP) is 2.57. The van der Waals surface area contributed by atoms with Crippen LogP contribution in [-0.4, -0.2) is 30.3 Å². The molecule has 0 aliphatic carbocycles. The van der Waals surface area contributed by atoms with E-state index < -0.39 is 6.04 Å². The Labute approximate surface area is 163 Å². The first kappa shape index (κ1) is 20.6. The lowest BCUT2D eigenvalue weighted by Crippen LogP contribution is -2.49. The van der Waals surface area contributed by atoms with Crippen LogP contribution in [0, 0.1) is 5.92 Å². The molecule has 6 nitrogen and oxygen atoms in total. The molecule has 7 heteroatoms. The molecule has 0 radical (unpaired) electrons. The fourth-order valence-electron chi connectivity index (χ4n) is 2.49. The number of thiophene rings is 1. The fraction of sp³-hybridized carbons (Fsp3) is 0.350. The predicted molar refractivity (Wildman–Crippen MR) is 107 cm³/mol. The van der Waals surface area contributed by atoms with Crippen LogP contribution in [-0.2, 0) is 11.3 Å². The summed E-state index contributed by atoms with van der Waals surface area (Å²) < 4.78 is 0. The van der Waals surface area contributed by atoms with Gasteiger partial charge in [0.15, 0.2) is 0 Å². The van der Waals surface area contributed by atoms with E-state index in [1.807, 2.05) is 26.2 Å². The number of benzene rings is 1. The molecule has 0 bridgehead atoms. The summed E-state index contributed by atoms with van der Waals surface area (Å²) in [4.78, 5) is 37.1. The molecule has 0 aliphatic heterocycles. The van der Waals surface area contributed by atoms with Gasteiger partial charge in [0, 0.05) is 18.7 Å². The van der Waals surface area contributed by atoms with Crippen molar-refractivity contribution < 1.29 is 14.4 Å². The van der Waals surface area contributed by atoms with Crippen LogP contribution in [0.2, 0.25) is 0 Å². The van der Waals surface area contributed by atoms with Gasteiger partial charge in [-0.15, -0.1) is 11.3 Å². The van der Waals surface area contributed by atoms with E-state index in [4.69, 9.17) is 0 Å². The first-order chi connectivity index (χ1) is 12.9. The van der Waals surface area contributed by atoms with E-state index >= 15 is 0 Å². The van der Waals surface area contributed by atoms with E-state index in [9.17, 15) is 14.4 Å². The Morgan fingerprint density at radius 3 is 2.26 bits per heavy atom. The number of nitrogens with one attached hydrogen (secondary N) is 3. The minimum absolute atomic E-state index is 0.0472. The number of carbonyl (C=O) groups excluding carboxylic acids is 3. The van der Waals surface area contributed by atoms with Crippen molar-refractivity contribution in [3.05, 3.63) is 57.8 Å². The SMILES string of the molecule is CCNC(=O)c1ccc(CNC(=O)C(NC(=O)c2cccs2)C(C)C)cc1. The van der Waals surface area contributed by atoms with Crippen LogP contribution in [0.3, 0.4) is 0 Å². The second-order valence-corrected chi connectivity index (χ2v) is 7.39. The van der Waals surface area contributed by atoms with Gasteiger partial charge in [0.2, 0.25) is 5.91 Å². The summed E-state index contributed by atoms with van der Waals surface area (Å²) in [5.41, 5.74) is 1.46. The van der Waals surface area contributed by atoms with E-state index in [2.05, 4.69) is 16.0 Å². The summed E-state index contributed by atoms with van der Waals surface area (Å²) >= 11 is 1.34. The standard InChI is InChI=1S/C20H25N3O3S/c1-4-21-18(24)15-9-7-14(8-10-15)12-22-20(26)17(13(2)3)23-19(25)16-6-5-11-27-16/h5-11,13,17H,4,12H2,1-3H3,(H,21,24)(H,22,26)(H,23,25). The van der Waals surface area contributed by atoms with Crippen molar-refractivity contribution in [2.45, 2.75) is 33.4 Å². The summed E-state index contributed by atoms with van der Waals surface area (Å²) in [6.07, 6.45) is 0. The molecule has 3 N–H and O–H groups in total. The van der Waals surface area contributed by atoms with Crippen molar-refractivity contribution in [1.82, 2.24) is 16.0 Å². The summed E-state index contributed by atoms with van der Waals surface area (Å²) in [6.45, 7) is 6.54. The molecule has 1 aromatic carbocycles. The van der Waals surface area contributed by atoms with E-state index in [-0.39, 0.29) is 23.6 Å². The molecule has 0 saturated carbocycles. The van der Waals surface area contributed by atoms with Gasteiger partial charge in [0.1, 0.15) is 6.04 Å². The van der Waals surface area contributed by atoms with Crippen molar-refractivity contribution in [1.29, 1.82) is 0 Å². The zero-order valence-corrected chi connectivity index (χ0v) is 16.6. The fourth-order valence-corrected chi connectivity index (χ4v) is 3.12. The summed E-state index contributed by atoms with van der Waals surface area (Å²) in [5, 5.41) is 10.2. The quantitative estimate of drug-likeness (QED) is 0.651. The number of carbonyl (C=O) groups is 3.